The van der Waals surface area contributed by atoms with E-state index in [1.165, 1.54) is 6.92 Å². The summed E-state index contributed by atoms with van der Waals surface area (Å²) in [7, 11) is 0. The van der Waals surface area contributed by atoms with E-state index in [2.05, 4.69) is 4.90 Å². The number of carbonyl (C=O) groups excluding carboxylic acids is 2. The van der Waals surface area contributed by atoms with Crippen LogP contribution in [0.5, 0.6) is 0 Å². The Balaban J connectivity index is 2.07. The van der Waals surface area contributed by atoms with Crippen LogP contribution in [0.2, 0.25) is 0 Å². The van der Waals surface area contributed by atoms with Crippen LogP contribution in [0.3, 0.4) is 0 Å². The fourth-order valence-corrected chi connectivity index (χ4v) is 2.76. The van der Waals surface area contributed by atoms with E-state index in [1.807, 2.05) is 0 Å². The predicted octanol–water partition coefficient (Wildman–Crippen LogP) is 0.575. The highest BCUT2D eigenvalue weighted by atomic mass is 16.6. The molecule has 0 bridgehead atoms. The number of hydrogen-bond donors (Lipinski definition) is 0. The van der Waals surface area contributed by atoms with Crippen LogP contribution in [-0.4, -0.2) is 48.7 Å². The third kappa shape index (κ3) is 2.44. The summed E-state index contributed by atoms with van der Waals surface area (Å²) in [5.74, 6) is -0.855. The Labute approximate surface area is 101 Å². The van der Waals surface area contributed by atoms with E-state index in [1.54, 1.807) is 6.92 Å². The van der Waals surface area contributed by atoms with Crippen molar-refractivity contribution in [1.29, 1.82) is 0 Å². The Kier molecular flexibility index (Phi) is 3.66. The van der Waals surface area contributed by atoms with Crippen molar-refractivity contribution in [2.75, 3.05) is 19.7 Å². The first-order valence-corrected chi connectivity index (χ1v) is 6.21. The molecular formula is C12H19NO4. The summed E-state index contributed by atoms with van der Waals surface area (Å²) >= 11 is 0. The molecule has 0 aromatic rings. The lowest BCUT2D eigenvalue weighted by Gasteiger charge is -2.50. The van der Waals surface area contributed by atoms with Crippen molar-refractivity contribution in [3.8, 4) is 0 Å². The number of rotatable bonds is 3. The first-order valence-electron chi connectivity index (χ1n) is 6.21. The Bertz CT molecular complexity index is 318. The molecule has 96 valence electrons. The highest BCUT2D eigenvalue weighted by molar-refractivity contribution is 5.75. The minimum Gasteiger partial charge on any atom is -0.466 e. The van der Waals surface area contributed by atoms with Crippen molar-refractivity contribution in [1.82, 2.24) is 4.90 Å². The van der Waals surface area contributed by atoms with E-state index in [4.69, 9.17) is 9.47 Å². The van der Waals surface area contributed by atoms with Gasteiger partial charge in [-0.3, -0.25) is 14.5 Å². The fraction of sp³-hybridized carbons (Fsp3) is 0.833. The second-order valence-electron chi connectivity index (χ2n) is 4.61. The van der Waals surface area contributed by atoms with Crippen molar-refractivity contribution < 1.29 is 19.1 Å². The molecule has 2 fully saturated rings. The molecule has 5 heteroatoms. The fourth-order valence-electron chi connectivity index (χ4n) is 2.76. The zero-order valence-corrected chi connectivity index (χ0v) is 10.3. The molecule has 0 amide bonds. The standard InChI is InChI=1S/C12H19NO4/c1-3-16-12(15)11-9-4-6-13(9)7-5-10(11)17-8(2)14/h9-11H,3-7H2,1-2H3. The lowest BCUT2D eigenvalue weighted by molar-refractivity contribution is -0.175. The van der Waals surface area contributed by atoms with Crippen molar-refractivity contribution in [2.24, 2.45) is 5.92 Å². The molecule has 0 spiro atoms. The Hall–Kier alpha value is -1.10. The molecule has 0 aromatic heterocycles. The van der Waals surface area contributed by atoms with Crippen LogP contribution in [0.25, 0.3) is 0 Å². The predicted molar refractivity (Wildman–Crippen MR) is 60.3 cm³/mol. The van der Waals surface area contributed by atoms with Crippen LogP contribution in [0.15, 0.2) is 0 Å². The molecule has 0 N–H and O–H groups in total. The Morgan fingerprint density at radius 1 is 1.29 bits per heavy atom. The normalized spacial score (nSPS) is 32.2. The molecule has 17 heavy (non-hydrogen) atoms. The highest BCUT2D eigenvalue weighted by Gasteiger charge is 2.48. The summed E-state index contributed by atoms with van der Waals surface area (Å²) < 4.78 is 10.3. The van der Waals surface area contributed by atoms with Gasteiger partial charge in [0.2, 0.25) is 0 Å². The summed E-state index contributed by atoms with van der Waals surface area (Å²) in [5.41, 5.74) is 0. The Morgan fingerprint density at radius 2 is 2.00 bits per heavy atom. The molecule has 2 saturated heterocycles. The zero-order valence-electron chi connectivity index (χ0n) is 10.3. The van der Waals surface area contributed by atoms with E-state index in [0.717, 1.165) is 25.9 Å². The molecule has 0 radical (unpaired) electrons. The number of nitrogens with zero attached hydrogens (tertiary/aromatic N) is 1. The van der Waals surface area contributed by atoms with Crippen molar-refractivity contribution in [2.45, 2.75) is 38.8 Å². The van der Waals surface area contributed by atoms with Crippen molar-refractivity contribution >= 4 is 11.9 Å². The summed E-state index contributed by atoms with van der Waals surface area (Å²) in [4.78, 5) is 25.3. The van der Waals surface area contributed by atoms with Crippen molar-refractivity contribution in [3.05, 3.63) is 0 Å². The Morgan fingerprint density at radius 3 is 2.53 bits per heavy atom. The molecule has 0 saturated carbocycles. The second kappa shape index (κ2) is 5.04. The molecule has 0 aromatic carbocycles. The van der Waals surface area contributed by atoms with E-state index in [-0.39, 0.29) is 30.0 Å². The maximum atomic E-state index is 11.9. The second-order valence-corrected chi connectivity index (χ2v) is 4.61. The van der Waals surface area contributed by atoms with Crippen LogP contribution in [0.4, 0.5) is 0 Å². The zero-order chi connectivity index (χ0) is 12.4. The quantitative estimate of drug-likeness (QED) is 0.676. The van der Waals surface area contributed by atoms with Gasteiger partial charge in [-0.25, -0.2) is 0 Å². The average molecular weight is 241 g/mol. The summed E-state index contributed by atoms with van der Waals surface area (Å²) in [5, 5.41) is 0. The molecular weight excluding hydrogens is 222 g/mol. The molecule has 2 aliphatic rings. The minimum absolute atomic E-state index is 0.201. The minimum atomic E-state index is -0.322. The molecule has 2 rings (SSSR count). The van der Waals surface area contributed by atoms with Gasteiger partial charge in [-0.2, -0.15) is 0 Å². The van der Waals surface area contributed by atoms with Gasteiger partial charge in [0, 0.05) is 19.5 Å². The van der Waals surface area contributed by atoms with Gasteiger partial charge in [-0.1, -0.05) is 0 Å². The number of ether oxygens (including phenoxy) is 2. The maximum Gasteiger partial charge on any atom is 0.314 e. The van der Waals surface area contributed by atoms with Gasteiger partial charge in [0.1, 0.15) is 12.0 Å². The van der Waals surface area contributed by atoms with Crippen LogP contribution in [0.1, 0.15) is 26.7 Å². The number of piperidine rings is 1. The molecule has 3 atom stereocenters. The molecule has 2 heterocycles. The molecule has 5 nitrogen and oxygen atoms in total. The third-order valence-corrected chi connectivity index (χ3v) is 3.57. The average Bonchev–Trinajstić information content (AvgIpc) is 2.21. The van der Waals surface area contributed by atoms with Crippen LogP contribution in [0, 0.1) is 5.92 Å². The highest BCUT2D eigenvalue weighted by Crippen LogP contribution is 2.35. The third-order valence-electron chi connectivity index (χ3n) is 3.57. The van der Waals surface area contributed by atoms with E-state index >= 15 is 0 Å². The summed E-state index contributed by atoms with van der Waals surface area (Å²) in [6, 6.07) is 0.201. The van der Waals surface area contributed by atoms with Gasteiger partial charge < -0.3 is 9.47 Å². The largest absolute Gasteiger partial charge is 0.466 e. The van der Waals surface area contributed by atoms with Crippen LogP contribution >= 0.6 is 0 Å². The molecule has 2 aliphatic heterocycles. The first kappa shape index (κ1) is 12.4. The van der Waals surface area contributed by atoms with Gasteiger partial charge in [-0.15, -0.1) is 0 Å². The molecule has 3 unspecified atom stereocenters. The number of carbonyl (C=O) groups is 2. The van der Waals surface area contributed by atoms with Gasteiger partial charge >= 0.3 is 11.9 Å². The molecule has 0 aliphatic carbocycles. The summed E-state index contributed by atoms with van der Waals surface area (Å²) in [6.45, 7) is 5.48. The topological polar surface area (TPSA) is 55.8 Å². The lowest BCUT2D eigenvalue weighted by atomic mass is 9.80. The summed E-state index contributed by atoms with van der Waals surface area (Å²) in [6.07, 6.45) is 1.40. The van der Waals surface area contributed by atoms with Gasteiger partial charge in [0.15, 0.2) is 0 Å². The van der Waals surface area contributed by atoms with Gasteiger partial charge in [-0.05, 0) is 26.3 Å². The van der Waals surface area contributed by atoms with E-state index in [9.17, 15) is 9.59 Å². The van der Waals surface area contributed by atoms with Gasteiger partial charge in [0.05, 0.1) is 6.61 Å². The number of hydrogen-bond acceptors (Lipinski definition) is 5. The number of fused-ring (bicyclic) bond motifs is 1. The maximum absolute atomic E-state index is 11.9. The monoisotopic (exact) mass is 241 g/mol. The van der Waals surface area contributed by atoms with Crippen molar-refractivity contribution in [3.63, 3.8) is 0 Å². The lowest BCUT2D eigenvalue weighted by Crippen LogP contribution is -2.62. The van der Waals surface area contributed by atoms with E-state index < -0.39 is 0 Å². The van der Waals surface area contributed by atoms with Crippen LogP contribution < -0.4 is 0 Å². The number of esters is 2. The van der Waals surface area contributed by atoms with E-state index in [0.29, 0.717) is 6.61 Å². The first-order chi connectivity index (χ1) is 8.13. The SMILES string of the molecule is CCOC(=O)C1C(OC(C)=O)CCN2CCC12. The van der Waals surface area contributed by atoms with Crippen LogP contribution in [-0.2, 0) is 19.1 Å². The smallest absolute Gasteiger partial charge is 0.314 e. The van der Waals surface area contributed by atoms with Gasteiger partial charge in [0.25, 0.3) is 0 Å².